The van der Waals surface area contributed by atoms with E-state index in [4.69, 9.17) is 4.74 Å². The van der Waals surface area contributed by atoms with Crippen LogP contribution in [0.1, 0.15) is 28.8 Å². The molecule has 0 aromatic heterocycles. The van der Waals surface area contributed by atoms with E-state index in [0.29, 0.717) is 18.6 Å². The van der Waals surface area contributed by atoms with Crippen LogP contribution in [0.4, 0.5) is 0 Å². The van der Waals surface area contributed by atoms with Gasteiger partial charge < -0.3 is 10.1 Å². The lowest BCUT2D eigenvalue weighted by Crippen LogP contribution is -2.52. The van der Waals surface area contributed by atoms with E-state index in [1.165, 1.54) is 0 Å². The van der Waals surface area contributed by atoms with Crippen molar-refractivity contribution in [2.75, 3.05) is 7.11 Å². The Morgan fingerprint density at radius 2 is 2.05 bits per heavy atom. The molecule has 6 heteroatoms. The van der Waals surface area contributed by atoms with Gasteiger partial charge >= 0.3 is 0 Å². The maximum atomic E-state index is 12.0. The predicted molar refractivity (Wildman–Crippen MR) is 70.8 cm³/mol. The number of methoxy groups -OCH3 is 1. The van der Waals surface area contributed by atoms with Gasteiger partial charge in [-0.25, -0.2) is 0 Å². The first-order valence-corrected chi connectivity index (χ1v) is 6.32. The van der Waals surface area contributed by atoms with E-state index < -0.39 is 11.9 Å². The third-order valence-electron chi connectivity index (χ3n) is 3.07. The highest BCUT2D eigenvalue weighted by molar-refractivity contribution is 6.03. The van der Waals surface area contributed by atoms with Crippen molar-refractivity contribution < 1.29 is 19.1 Å². The van der Waals surface area contributed by atoms with Gasteiger partial charge in [0.2, 0.25) is 11.8 Å². The van der Waals surface area contributed by atoms with Crippen molar-refractivity contribution in [2.24, 2.45) is 0 Å². The molecule has 0 spiro atoms. The average Bonchev–Trinajstić information content (AvgIpc) is 2.43. The summed E-state index contributed by atoms with van der Waals surface area (Å²) in [5.41, 5.74) is 1.43. The molecule has 2 N–H and O–H groups in total. The van der Waals surface area contributed by atoms with Gasteiger partial charge in [0.05, 0.1) is 6.61 Å². The van der Waals surface area contributed by atoms with Gasteiger partial charge in [-0.2, -0.15) is 0 Å². The number of benzene rings is 1. The Hall–Kier alpha value is -2.21. The molecule has 0 saturated carbocycles. The van der Waals surface area contributed by atoms with Crippen LogP contribution in [-0.2, 0) is 20.9 Å². The first-order valence-electron chi connectivity index (χ1n) is 6.32. The minimum absolute atomic E-state index is 0.240. The van der Waals surface area contributed by atoms with Crippen LogP contribution in [0.5, 0.6) is 0 Å². The van der Waals surface area contributed by atoms with Crippen LogP contribution in [0.15, 0.2) is 24.3 Å². The second-order valence-corrected chi connectivity index (χ2v) is 4.61. The fourth-order valence-corrected chi connectivity index (χ4v) is 1.99. The first-order chi connectivity index (χ1) is 9.60. The molecule has 0 bridgehead atoms. The Balaban J connectivity index is 1.97. The van der Waals surface area contributed by atoms with Gasteiger partial charge in [0.15, 0.2) is 0 Å². The summed E-state index contributed by atoms with van der Waals surface area (Å²) in [6, 6.07) is 6.29. The number of hydrogen-bond donors (Lipinski definition) is 2. The molecule has 1 aromatic carbocycles. The molecule has 1 aliphatic heterocycles. The van der Waals surface area contributed by atoms with Crippen LogP contribution in [-0.4, -0.2) is 30.9 Å². The summed E-state index contributed by atoms with van der Waals surface area (Å²) in [5, 5.41) is 4.83. The molecule has 1 aromatic rings. The molecule has 1 unspecified atom stereocenters. The van der Waals surface area contributed by atoms with Crippen molar-refractivity contribution in [1.29, 1.82) is 0 Å². The molecule has 0 aliphatic carbocycles. The number of piperidine rings is 1. The van der Waals surface area contributed by atoms with E-state index >= 15 is 0 Å². The summed E-state index contributed by atoms with van der Waals surface area (Å²) in [7, 11) is 1.60. The highest BCUT2D eigenvalue weighted by Crippen LogP contribution is 2.08. The molecule has 3 amide bonds. The van der Waals surface area contributed by atoms with Crippen molar-refractivity contribution in [3.63, 3.8) is 0 Å². The average molecular weight is 276 g/mol. The third-order valence-corrected chi connectivity index (χ3v) is 3.07. The molecular formula is C14H16N2O4. The minimum atomic E-state index is -0.654. The number of hydrogen-bond acceptors (Lipinski definition) is 4. The molecular weight excluding hydrogens is 260 g/mol. The zero-order valence-corrected chi connectivity index (χ0v) is 11.1. The van der Waals surface area contributed by atoms with Gasteiger partial charge in [-0.05, 0) is 24.1 Å². The van der Waals surface area contributed by atoms with Crippen molar-refractivity contribution in [3.05, 3.63) is 35.4 Å². The van der Waals surface area contributed by atoms with Crippen molar-refractivity contribution in [3.8, 4) is 0 Å². The van der Waals surface area contributed by atoms with Gasteiger partial charge in [0.25, 0.3) is 5.91 Å². The van der Waals surface area contributed by atoms with Crippen molar-refractivity contribution >= 4 is 17.7 Å². The molecule has 1 saturated heterocycles. The molecule has 20 heavy (non-hydrogen) atoms. The summed E-state index contributed by atoms with van der Waals surface area (Å²) in [6.45, 7) is 0.481. The Morgan fingerprint density at radius 3 is 2.65 bits per heavy atom. The maximum absolute atomic E-state index is 12.0. The number of carbonyl (C=O) groups excluding carboxylic acids is 3. The quantitative estimate of drug-likeness (QED) is 0.778. The minimum Gasteiger partial charge on any atom is -0.380 e. The normalized spacial score (nSPS) is 18.6. The summed E-state index contributed by atoms with van der Waals surface area (Å²) in [5.74, 6) is -1.08. The van der Waals surface area contributed by atoms with Crippen molar-refractivity contribution in [2.45, 2.75) is 25.5 Å². The van der Waals surface area contributed by atoms with E-state index in [0.717, 1.165) is 5.56 Å². The number of ether oxygens (including phenoxy) is 1. The standard InChI is InChI=1S/C14H16N2O4/c1-20-8-9-2-4-10(5-3-9)13(18)15-11-6-7-12(17)16-14(11)19/h2-5,11H,6-8H2,1H3,(H,15,18)(H,16,17,19). The maximum Gasteiger partial charge on any atom is 0.251 e. The summed E-state index contributed by atoms with van der Waals surface area (Å²) >= 11 is 0. The largest absolute Gasteiger partial charge is 0.380 e. The lowest BCUT2D eigenvalue weighted by Gasteiger charge is -2.21. The highest BCUT2D eigenvalue weighted by atomic mass is 16.5. The third kappa shape index (κ3) is 3.42. The van der Waals surface area contributed by atoms with E-state index in [2.05, 4.69) is 10.6 Å². The first kappa shape index (κ1) is 14.2. The van der Waals surface area contributed by atoms with Crippen LogP contribution in [0.3, 0.4) is 0 Å². The Kier molecular flexibility index (Phi) is 4.47. The van der Waals surface area contributed by atoms with E-state index in [1.807, 2.05) is 0 Å². The highest BCUT2D eigenvalue weighted by Gasteiger charge is 2.27. The molecule has 6 nitrogen and oxygen atoms in total. The van der Waals surface area contributed by atoms with Gasteiger partial charge in [-0.15, -0.1) is 0 Å². The summed E-state index contributed by atoms with van der Waals surface area (Å²) in [6.07, 6.45) is 0.571. The summed E-state index contributed by atoms with van der Waals surface area (Å²) < 4.78 is 4.99. The number of carbonyl (C=O) groups is 3. The van der Waals surface area contributed by atoms with Crippen molar-refractivity contribution in [1.82, 2.24) is 10.6 Å². The van der Waals surface area contributed by atoms with Crippen LogP contribution in [0.25, 0.3) is 0 Å². The topological polar surface area (TPSA) is 84.5 Å². The monoisotopic (exact) mass is 276 g/mol. The summed E-state index contributed by atoms with van der Waals surface area (Å²) in [4.78, 5) is 34.6. The number of nitrogens with one attached hydrogen (secondary N) is 2. The van der Waals surface area contributed by atoms with Gasteiger partial charge in [0, 0.05) is 19.1 Å². The molecule has 2 rings (SSSR count). The lowest BCUT2D eigenvalue weighted by atomic mass is 10.1. The number of rotatable bonds is 4. The molecule has 1 fully saturated rings. The molecule has 106 valence electrons. The van der Waals surface area contributed by atoms with E-state index in [-0.39, 0.29) is 18.2 Å². The number of imide groups is 1. The Bertz CT molecular complexity index is 524. The van der Waals surface area contributed by atoms with Crippen LogP contribution in [0, 0.1) is 0 Å². The van der Waals surface area contributed by atoms with Gasteiger partial charge in [0.1, 0.15) is 6.04 Å². The van der Waals surface area contributed by atoms with E-state index in [1.54, 1.807) is 31.4 Å². The Labute approximate surface area is 116 Å². The molecule has 0 radical (unpaired) electrons. The second-order valence-electron chi connectivity index (χ2n) is 4.61. The zero-order chi connectivity index (χ0) is 14.5. The SMILES string of the molecule is COCc1ccc(C(=O)NC2CCC(=O)NC2=O)cc1. The lowest BCUT2D eigenvalue weighted by molar-refractivity contribution is -0.134. The molecule has 1 aliphatic rings. The zero-order valence-electron chi connectivity index (χ0n) is 11.1. The predicted octanol–water partition coefficient (Wildman–Crippen LogP) is 0.368. The van der Waals surface area contributed by atoms with Crippen LogP contribution in [0.2, 0.25) is 0 Å². The number of amides is 3. The fraction of sp³-hybridized carbons (Fsp3) is 0.357. The smallest absolute Gasteiger partial charge is 0.251 e. The molecule has 1 atom stereocenters. The Morgan fingerprint density at radius 1 is 1.35 bits per heavy atom. The van der Waals surface area contributed by atoms with Gasteiger partial charge in [-0.3, -0.25) is 19.7 Å². The van der Waals surface area contributed by atoms with E-state index in [9.17, 15) is 14.4 Å². The second kappa shape index (κ2) is 6.29. The van der Waals surface area contributed by atoms with Crippen LogP contribution < -0.4 is 10.6 Å². The molecule has 1 heterocycles. The van der Waals surface area contributed by atoms with Crippen LogP contribution >= 0.6 is 0 Å². The fourth-order valence-electron chi connectivity index (χ4n) is 1.99. The van der Waals surface area contributed by atoms with Gasteiger partial charge in [-0.1, -0.05) is 12.1 Å².